The summed E-state index contributed by atoms with van der Waals surface area (Å²) in [6, 6.07) is 0. The molecule has 1 aliphatic heterocycles. The van der Waals surface area contributed by atoms with Gasteiger partial charge in [-0.05, 0) is 53.3 Å². The molecule has 0 radical (unpaired) electrons. The predicted octanol–water partition coefficient (Wildman–Crippen LogP) is 5.90. The highest BCUT2D eigenvalue weighted by Crippen LogP contribution is 2.38. The molecular formula is C17H30BrNO3SSi. The van der Waals surface area contributed by atoms with E-state index >= 15 is 0 Å². The van der Waals surface area contributed by atoms with Gasteiger partial charge in [-0.25, -0.2) is 4.98 Å². The minimum atomic E-state index is -1.73. The SMILES string of the molecule is CC(C)(C)[Si](C)(C)OCCC(OC1CCCCO1)c1scnc1Br. The largest absolute Gasteiger partial charge is 0.417 e. The Morgan fingerprint density at radius 1 is 1.42 bits per heavy atom. The molecule has 2 heterocycles. The molecule has 0 saturated carbocycles. The lowest BCUT2D eigenvalue weighted by molar-refractivity contribution is -0.191. The van der Waals surface area contributed by atoms with Gasteiger partial charge in [0.05, 0.1) is 16.5 Å². The van der Waals surface area contributed by atoms with Crippen molar-refractivity contribution in [3.63, 3.8) is 0 Å². The molecule has 2 unspecified atom stereocenters. The molecule has 0 aromatic carbocycles. The van der Waals surface area contributed by atoms with Gasteiger partial charge in [0.15, 0.2) is 14.6 Å². The molecule has 1 saturated heterocycles. The highest BCUT2D eigenvalue weighted by molar-refractivity contribution is 9.10. The number of halogens is 1. The van der Waals surface area contributed by atoms with Crippen LogP contribution in [0, 0.1) is 0 Å². The number of aromatic nitrogens is 1. The number of rotatable bonds is 7. The van der Waals surface area contributed by atoms with Gasteiger partial charge < -0.3 is 13.9 Å². The second-order valence-electron chi connectivity index (χ2n) is 7.83. The minimum Gasteiger partial charge on any atom is -0.417 e. The highest BCUT2D eigenvalue weighted by atomic mass is 79.9. The standard InChI is InChI=1S/C17H30BrNO3SSi/c1-17(2,3)24(4,5)21-11-9-13(15-16(18)19-12-23-15)22-14-8-6-7-10-20-14/h12-14H,6-11H2,1-5H3. The first-order valence-corrected chi connectivity index (χ1v) is 13.3. The summed E-state index contributed by atoms with van der Waals surface area (Å²) >= 11 is 5.17. The summed E-state index contributed by atoms with van der Waals surface area (Å²) in [5.74, 6) is 0. The first-order valence-electron chi connectivity index (χ1n) is 8.70. The fraction of sp³-hybridized carbons (Fsp3) is 0.824. The smallest absolute Gasteiger partial charge is 0.191 e. The third kappa shape index (κ3) is 5.61. The molecule has 0 aliphatic carbocycles. The van der Waals surface area contributed by atoms with E-state index in [1.54, 1.807) is 11.3 Å². The maximum Gasteiger partial charge on any atom is 0.191 e. The summed E-state index contributed by atoms with van der Waals surface area (Å²) in [5, 5.41) is 0.223. The predicted molar refractivity (Wildman–Crippen MR) is 105 cm³/mol. The van der Waals surface area contributed by atoms with Crippen molar-refractivity contribution in [1.29, 1.82) is 0 Å². The topological polar surface area (TPSA) is 40.6 Å². The summed E-state index contributed by atoms with van der Waals surface area (Å²) in [5.41, 5.74) is 1.85. The van der Waals surface area contributed by atoms with Crippen LogP contribution in [-0.4, -0.2) is 32.8 Å². The zero-order chi connectivity index (χ0) is 17.8. The zero-order valence-electron chi connectivity index (χ0n) is 15.4. The molecule has 1 aliphatic rings. The second kappa shape index (κ2) is 8.73. The van der Waals surface area contributed by atoms with Crippen molar-refractivity contribution in [3.8, 4) is 0 Å². The summed E-state index contributed by atoms with van der Waals surface area (Å²) < 4.78 is 19.2. The quantitative estimate of drug-likeness (QED) is 0.499. The minimum absolute atomic E-state index is 0.0280. The summed E-state index contributed by atoms with van der Waals surface area (Å²) in [6.45, 7) is 12.9. The van der Waals surface area contributed by atoms with Gasteiger partial charge in [-0.3, -0.25) is 0 Å². The molecule has 0 N–H and O–H groups in total. The van der Waals surface area contributed by atoms with Crippen LogP contribution in [-0.2, 0) is 13.9 Å². The summed E-state index contributed by atoms with van der Waals surface area (Å²) in [4.78, 5) is 5.44. The van der Waals surface area contributed by atoms with Crippen LogP contribution in [0.4, 0.5) is 0 Å². The fourth-order valence-electron chi connectivity index (χ4n) is 2.35. The van der Waals surface area contributed by atoms with Crippen LogP contribution in [0.15, 0.2) is 10.1 Å². The number of nitrogens with zero attached hydrogens (tertiary/aromatic N) is 1. The van der Waals surface area contributed by atoms with Crippen LogP contribution < -0.4 is 0 Å². The molecule has 0 spiro atoms. The van der Waals surface area contributed by atoms with Crippen molar-refractivity contribution < 1.29 is 13.9 Å². The maximum atomic E-state index is 6.34. The average molecular weight is 436 g/mol. The van der Waals surface area contributed by atoms with Crippen LogP contribution in [0.1, 0.15) is 57.4 Å². The third-order valence-corrected chi connectivity index (χ3v) is 11.3. The van der Waals surface area contributed by atoms with E-state index in [2.05, 4.69) is 54.8 Å². The van der Waals surface area contributed by atoms with E-state index in [-0.39, 0.29) is 17.4 Å². The zero-order valence-corrected chi connectivity index (χ0v) is 18.8. The van der Waals surface area contributed by atoms with Crippen LogP contribution in [0.2, 0.25) is 18.1 Å². The van der Waals surface area contributed by atoms with Gasteiger partial charge in [0, 0.05) is 19.6 Å². The normalized spacial score (nSPS) is 21.0. The van der Waals surface area contributed by atoms with E-state index in [4.69, 9.17) is 13.9 Å². The Kier molecular flexibility index (Phi) is 7.46. The number of hydrogen-bond donors (Lipinski definition) is 0. The Hall–Kier alpha value is 0.207. The lowest BCUT2D eigenvalue weighted by Gasteiger charge is -2.36. The number of hydrogen-bond acceptors (Lipinski definition) is 5. The Morgan fingerprint density at radius 3 is 2.71 bits per heavy atom. The first kappa shape index (κ1) is 20.5. The lowest BCUT2D eigenvalue weighted by Crippen LogP contribution is -2.41. The average Bonchev–Trinajstić information content (AvgIpc) is 2.92. The van der Waals surface area contributed by atoms with Gasteiger partial charge >= 0.3 is 0 Å². The van der Waals surface area contributed by atoms with Crippen LogP contribution in [0.3, 0.4) is 0 Å². The monoisotopic (exact) mass is 435 g/mol. The summed E-state index contributed by atoms with van der Waals surface area (Å²) in [6.07, 6.45) is 3.96. The molecule has 7 heteroatoms. The van der Waals surface area contributed by atoms with Crippen molar-refractivity contribution >= 4 is 35.6 Å². The van der Waals surface area contributed by atoms with Crippen LogP contribution in [0.25, 0.3) is 0 Å². The van der Waals surface area contributed by atoms with Crippen molar-refractivity contribution in [2.45, 2.75) is 77.0 Å². The highest BCUT2D eigenvalue weighted by Gasteiger charge is 2.37. The van der Waals surface area contributed by atoms with Crippen molar-refractivity contribution in [1.82, 2.24) is 4.98 Å². The second-order valence-corrected chi connectivity index (χ2v) is 14.3. The Balaban J connectivity index is 1.97. The number of thiazole rings is 1. The Morgan fingerprint density at radius 2 is 2.17 bits per heavy atom. The first-order chi connectivity index (χ1) is 11.2. The number of ether oxygens (including phenoxy) is 2. The van der Waals surface area contributed by atoms with Crippen LogP contribution >= 0.6 is 27.3 Å². The molecule has 1 aromatic heterocycles. The molecular weight excluding hydrogens is 406 g/mol. The van der Waals surface area contributed by atoms with Gasteiger partial charge in [-0.2, -0.15) is 0 Å². The molecule has 0 amide bonds. The van der Waals surface area contributed by atoms with E-state index < -0.39 is 8.32 Å². The molecule has 1 fully saturated rings. The Labute approximate surface area is 159 Å². The molecule has 1 aromatic rings. The Bertz CT molecular complexity index is 512. The van der Waals surface area contributed by atoms with E-state index in [1.807, 2.05) is 5.51 Å². The molecule has 24 heavy (non-hydrogen) atoms. The fourth-order valence-corrected chi connectivity index (χ4v) is 4.93. The molecule has 2 rings (SSSR count). The van der Waals surface area contributed by atoms with Crippen molar-refractivity contribution in [2.24, 2.45) is 0 Å². The van der Waals surface area contributed by atoms with Crippen molar-refractivity contribution in [2.75, 3.05) is 13.2 Å². The van der Waals surface area contributed by atoms with E-state index in [9.17, 15) is 0 Å². The molecule has 138 valence electrons. The van der Waals surface area contributed by atoms with Crippen LogP contribution in [0.5, 0.6) is 0 Å². The van der Waals surface area contributed by atoms with E-state index in [0.717, 1.165) is 35.3 Å². The van der Waals surface area contributed by atoms with E-state index in [0.29, 0.717) is 6.61 Å². The van der Waals surface area contributed by atoms with Gasteiger partial charge in [-0.1, -0.05) is 20.8 Å². The van der Waals surface area contributed by atoms with Crippen molar-refractivity contribution in [3.05, 3.63) is 15.0 Å². The summed E-state index contributed by atoms with van der Waals surface area (Å²) in [7, 11) is -1.73. The van der Waals surface area contributed by atoms with Gasteiger partial charge in [0.25, 0.3) is 0 Å². The molecule has 0 bridgehead atoms. The van der Waals surface area contributed by atoms with Gasteiger partial charge in [-0.15, -0.1) is 11.3 Å². The van der Waals surface area contributed by atoms with E-state index in [1.165, 1.54) is 6.42 Å². The van der Waals surface area contributed by atoms with Gasteiger partial charge in [0.1, 0.15) is 4.60 Å². The van der Waals surface area contributed by atoms with Gasteiger partial charge in [0.2, 0.25) is 0 Å². The third-order valence-electron chi connectivity index (χ3n) is 4.94. The molecule has 2 atom stereocenters. The lowest BCUT2D eigenvalue weighted by atomic mass is 10.2. The molecule has 4 nitrogen and oxygen atoms in total. The maximum absolute atomic E-state index is 6.34.